The first kappa shape index (κ1) is 15.9. The molecule has 1 aliphatic carbocycles. The largest absolute Gasteiger partial charge is 0.439 e. The number of benzene rings is 1. The lowest BCUT2D eigenvalue weighted by Gasteiger charge is -2.13. The Morgan fingerprint density at radius 1 is 1.35 bits per heavy atom. The van der Waals surface area contributed by atoms with Crippen LogP contribution in [0, 0.1) is 0 Å². The van der Waals surface area contributed by atoms with E-state index in [-0.39, 0.29) is 18.6 Å². The van der Waals surface area contributed by atoms with E-state index in [1.165, 1.54) is 6.42 Å². The van der Waals surface area contributed by atoms with E-state index in [0.29, 0.717) is 16.9 Å². The summed E-state index contributed by atoms with van der Waals surface area (Å²) in [5.41, 5.74) is 0.977. The van der Waals surface area contributed by atoms with Gasteiger partial charge < -0.3 is 15.1 Å². The molecular formula is C17H21N3O2S. The van der Waals surface area contributed by atoms with Crippen molar-refractivity contribution in [1.29, 1.82) is 0 Å². The first-order valence-corrected chi connectivity index (χ1v) is 9.10. The second-order valence-corrected chi connectivity index (χ2v) is 6.82. The van der Waals surface area contributed by atoms with Crippen LogP contribution < -0.4 is 10.6 Å². The number of carbonyl (C=O) groups is 1. The number of hydrogen-bond donors (Lipinski definition) is 2. The van der Waals surface area contributed by atoms with Crippen molar-refractivity contribution in [1.82, 2.24) is 15.6 Å². The van der Waals surface area contributed by atoms with E-state index in [4.69, 9.17) is 4.42 Å². The first-order chi connectivity index (χ1) is 11.2. The van der Waals surface area contributed by atoms with Gasteiger partial charge in [-0.3, -0.25) is 0 Å². The van der Waals surface area contributed by atoms with Crippen LogP contribution in [0.5, 0.6) is 0 Å². The molecule has 6 heteroatoms. The molecule has 0 aliphatic heterocycles. The molecule has 23 heavy (non-hydrogen) atoms. The van der Waals surface area contributed by atoms with Gasteiger partial charge in [0.15, 0.2) is 5.76 Å². The molecule has 5 nitrogen and oxygen atoms in total. The number of hydrogen-bond acceptors (Lipinski definition) is 4. The van der Waals surface area contributed by atoms with Gasteiger partial charge in [0, 0.05) is 16.9 Å². The lowest BCUT2D eigenvalue weighted by molar-refractivity contribution is 0.235. The molecule has 0 radical (unpaired) electrons. The zero-order valence-corrected chi connectivity index (χ0v) is 13.9. The van der Waals surface area contributed by atoms with Gasteiger partial charge in [0.2, 0.25) is 5.89 Å². The smallest absolute Gasteiger partial charge is 0.315 e. The van der Waals surface area contributed by atoms with E-state index in [0.717, 1.165) is 18.4 Å². The Morgan fingerprint density at radius 3 is 2.91 bits per heavy atom. The van der Waals surface area contributed by atoms with Crippen LogP contribution in [-0.2, 0) is 6.54 Å². The maximum Gasteiger partial charge on any atom is 0.315 e. The van der Waals surface area contributed by atoms with Crippen molar-refractivity contribution >= 4 is 17.8 Å². The molecule has 2 atom stereocenters. The third-order valence-corrected chi connectivity index (χ3v) is 5.16. The molecule has 3 rings (SSSR count). The van der Waals surface area contributed by atoms with Gasteiger partial charge in [0.25, 0.3) is 0 Å². The van der Waals surface area contributed by atoms with Gasteiger partial charge in [-0.25, -0.2) is 9.78 Å². The van der Waals surface area contributed by atoms with Gasteiger partial charge in [-0.1, -0.05) is 30.3 Å². The highest BCUT2D eigenvalue weighted by molar-refractivity contribution is 7.99. The second-order valence-electron chi connectivity index (χ2n) is 5.68. The monoisotopic (exact) mass is 331 g/mol. The SMILES string of the molecule is CS[C@H]1CC[C@@H](NC(=O)NCc2ncc(-c3ccccc3)o2)C1. The van der Waals surface area contributed by atoms with Crippen LogP contribution in [0.25, 0.3) is 11.3 Å². The van der Waals surface area contributed by atoms with Gasteiger partial charge in [0.05, 0.1) is 12.7 Å². The Kier molecular flexibility index (Phi) is 5.23. The summed E-state index contributed by atoms with van der Waals surface area (Å²) < 4.78 is 5.67. The fourth-order valence-electron chi connectivity index (χ4n) is 2.81. The molecule has 2 aromatic rings. The number of thioether (sulfide) groups is 1. The summed E-state index contributed by atoms with van der Waals surface area (Å²) in [4.78, 5) is 16.2. The van der Waals surface area contributed by atoms with Crippen LogP contribution in [0.2, 0.25) is 0 Å². The molecule has 0 unspecified atom stereocenters. The molecule has 2 N–H and O–H groups in total. The predicted octanol–water partition coefficient (Wildman–Crippen LogP) is 3.42. The number of aromatic nitrogens is 1. The minimum atomic E-state index is -0.156. The van der Waals surface area contributed by atoms with Crippen LogP contribution in [0.4, 0.5) is 4.79 Å². The molecule has 0 bridgehead atoms. The molecule has 1 aromatic carbocycles. The average Bonchev–Trinajstić information content (AvgIpc) is 3.23. The highest BCUT2D eigenvalue weighted by atomic mass is 32.2. The summed E-state index contributed by atoms with van der Waals surface area (Å²) in [5, 5.41) is 6.50. The molecule has 1 saturated carbocycles. The van der Waals surface area contributed by atoms with E-state index >= 15 is 0 Å². The number of nitrogens with one attached hydrogen (secondary N) is 2. The lowest BCUT2D eigenvalue weighted by Crippen LogP contribution is -2.40. The van der Waals surface area contributed by atoms with Crippen LogP contribution >= 0.6 is 11.8 Å². The average molecular weight is 331 g/mol. The number of urea groups is 1. The van der Waals surface area contributed by atoms with Crippen molar-refractivity contribution in [3.05, 3.63) is 42.4 Å². The summed E-state index contributed by atoms with van der Waals surface area (Å²) in [6.45, 7) is 0.289. The summed E-state index contributed by atoms with van der Waals surface area (Å²) in [7, 11) is 0. The van der Waals surface area contributed by atoms with Crippen LogP contribution in [0.1, 0.15) is 25.2 Å². The van der Waals surface area contributed by atoms with E-state index in [1.807, 2.05) is 42.1 Å². The Balaban J connectivity index is 1.47. The Hall–Kier alpha value is -1.95. The molecular weight excluding hydrogens is 310 g/mol. The predicted molar refractivity (Wildman–Crippen MR) is 92.3 cm³/mol. The minimum absolute atomic E-state index is 0.156. The maximum atomic E-state index is 11.9. The Morgan fingerprint density at radius 2 is 2.17 bits per heavy atom. The zero-order valence-electron chi connectivity index (χ0n) is 13.1. The van der Waals surface area contributed by atoms with Crippen molar-refractivity contribution < 1.29 is 9.21 Å². The quantitative estimate of drug-likeness (QED) is 0.881. The Bertz CT molecular complexity index is 644. The van der Waals surface area contributed by atoms with Crippen LogP contribution in [-0.4, -0.2) is 28.6 Å². The number of carbonyl (C=O) groups excluding carboxylic acids is 1. The fraction of sp³-hybridized carbons (Fsp3) is 0.412. The third-order valence-electron chi connectivity index (χ3n) is 4.07. The molecule has 122 valence electrons. The van der Waals surface area contributed by atoms with E-state index in [9.17, 15) is 4.79 Å². The van der Waals surface area contributed by atoms with Gasteiger partial charge >= 0.3 is 6.03 Å². The van der Waals surface area contributed by atoms with Gasteiger partial charge in [0.1, 0.15) is 0 Å². The summed E-state index contributed by atoms with van der Waals surface area (Å²) in [6.07, 6.45) is 7.08. The number of rotatable bonds is 5. The molecule has 0 spiro atoms. The standard InChI is InChI=1S/C17H21N3O2S/c1-23-14-8-7-13(9-14)20-17(21)19-11-16-18-10-15(22-16)12-5-3-2-4-6-12/h2-6,10,13-14H,7-9,11H2,1H3,(H2,19,20,21)/t13-,14+/m1/s1. The highest BCUT2D eigenvalue weighted by Crippen LogP contribution is 2.28. The molecule has 0 saturated heterocycles. The summed E-state index contributed by atoms with van der Waals surface area (Å²) in [6, 6.07) is 9.91. The van der Waals surface area contributed by atoms with Gasteiger partial charge in [-0.05, 0) is 25.5 Å². The number of oxazole rings is 1. The van der Waals surface area contributed by atoms with Gasteiger partial charge in [-0.2, -0.15) is 11.8 Å². The van der Waals surface area contributed by atoms with Crippen molar-refractivity contribution in [3.8, 4) is 11.3 Å². The van der Waals surface area contributed by atoms with Crippen molar-refractivity contribution in [2.24, 2.45) is 0 Å². The van der Waals surface area contributed by atoms with E-state index in [1.54, 1.807) is 6.20 Å². The van der Waals surface area contributed by atoms with Crippen LogP contribution in [0.3, 0.4) is 0 Å². The molecule has 1 aromatic heterocycles. The topological polar surface area (TPSA) is 67.2 Å². The van der Waals surface area contributed by atoms with Crippen molar-refractivity contribution in [3.63, 3.8) is 0 Å². The number of nitrogens with zero attached hydrogens (tertiary/aromatic N) is 1. The zero-order chi connectivity index (χ0) is 16.1. The molecule has 2 amide bonds. The lowest BCUT2D eigenvalue weighted by atomic mass is 10.2. The summed E-state index contributed by atoms with van der Waals surface area (Å²) in [5.74, 6) is 1.22. The first-order valence-electron chi connectivity index (χ1n) is 7.82. The molecule has 1 aliphatic rings. The maximum absolute atomic E-state index is 11.9. The Labute approximate surface area is 140 Å². The fourth-order valence-corrected chi connectivity index (χ4v) is 3.60. The minimum Gasteiger partial charge on any atom is -0.439 e. The summed E-state index contributed by atoms with van der Waals surface area (Å²) >= 11 is 1.88. The van der Waals surface area contributed by atoms with Crippen molar-refractivity contribution in [2.45, 2.75) is 37.1 Å². The number of amides is 2. The second kappa shape index (κ2) is 7.55. The van der Waals surface area contributed by atoms with Gasteiger partial charge in [-0.15, -0.1) is 0 Å². The normalized spacial score (nSPS) is 20.4. The highest BCUT2D eigenvalue weighted by Gasteiger charge is 2.25. The van der Waals surface area contributed by atoms with E-state index in [2.05, 4.69) is 21.9 Å². The van der Waals surface area contributed by atoms with E-state index < -0.39 is 0 Å². The van der Waals surface area contributed by atoms with Crippen molar-refractivity contribution in [2.75, 3.05) is 6.26 Å². The molecule has 1 fully saturated rings. The van der Waals surface area contributed by atoms with Crippen LogP contribution in [0.15, 0.2) is 40.9 Å². The molecule has 1 heterocycles. The third kappa shape index (κ3) is 4.28.